The van der Waals surface area contributed by atoms with Crippen LogP contribution in [0.1, 0.15) is 41.9 Å². The standard InChI is InChI=1S/C38H33NO8/c1-47-23-12-15-30(40)28(18-23)34-24-13-14-25-33(37(46)39(36(25)45)17-16-32(42)43)27(24)19-29-35(44)26(21-8-4-2-5-9-21)20-31(41)38(29,34)22-10-6-3-7-11-22/h2-13,15,18,20,25,27,29,33-34,40H,14,16-17,19H2,1H3,(H,42,43). The Labute approximate surface area is 271 Å². The van der Waals surface area contributed by atoms with Gasteiger partial charge in [0.25, 0.3) is 0 Å². The molecule has 2 amide bonds. The van der Waals surface area contributed by atoms with E-state index in [0.29, 0.717) is 28.0 Å². The first-order valence-corrected chi connectivity index (χ1v) is 15.7. The Hall–Kier alpha value is -5.31. The molecule has 1 aliphatic heterocycles. The van der Waals surface area contributed by atoms with Crippen molar-refractivity contribution >= 4 is 34.9 Å². The highest BCUT2D eigenvalue weighted by molar-refractivity contribution is 6.31. The van der Waals surface area contributed by atoms with Crippen molar-refractivity contribution in [1.82, 2.24) is 4.90 Å². The summed E-state index contributed by atoms with van der Waals surface area (Å²) in [5.74, 6) is -6.23. The molecule has 2 fully saturated rings. The molecular weight excluding hydrogens is 598 g/mol. The number of aromatic hydroxyl groups is 1. The summed E-state index contributed by atoms with van der Waals surface area (Å²) in [4.78, 5) is 69.8. The van der Waals surface area contributed by atoms with E-state index in [1.807, 2.05) is 42.5 Å². The highest BCUT2D eigenvalue weighted by atomic mass is 16.5. The van der Waals surface area contributed by atoms with Gasteiger partial charge in [-0.1, -0.05) is 72.3 Å². The fraction of sp³-hybridized carbons (Fsp3) is 0.289. The third kappa shape index (κ3) is 4.55. The minimum Gasteiger partial charge on any atom is -0.508 e. The molecule has 0 bridgehead atoms. The number of rotatable bonds is 7. The van der Waals surface area contributed by atoms with E-state index < -0.39 is 52.8 Å². The Morgan fingerprint density at radius 1 is 0.936 bits per heavy atom. The Kier molecular flexibility index (Phi) is 7.42. The first-order valence-electron chi connectivity index (χ1n) is 15.7. The summed E-state index contributed by atoms with van der Waals surface area (Å²) in [6, 6.07) is 22.9. The van der Waals surface area contributed by atoms with E-state index in [-0.39, 0.29) is 48.7 Å². The van der Waals surface area contributed by atoms with Crippen molar-refractivity contribution in [3.63, 3.8) is 0 Å². The van der Waals surface area contributed by atoms with Crippen LogP contribution in [0.4, 0.5) is 0 Å². The van der Waals surface area contributed by atoms with E-state index in [1.54, 1.807) is 36.4 Å². The summed E-state index contributed by atoms with van der Waals surface area (Å²) in [5, 5.41) is 20.8. The number of ketones is 2. The first kappa shape index (κ1) is 30.3. The highest BCUT2D eigenvalue weighted by Crippen LogP contribution is 2.64. The number of fused-ring (bicyclic) bond motifs is 4. The number of likely N-dealkylation sites (tertiary alicyclic amines) is 1. The number of carboxylic acids is 1. The number of hydrogen-bond donors (Lipinski definition) is 2. The lowest BCUT2D eigenvalue weighted by Crippen LogP contribution is -2.58. The fourth-order valence-electron chi connectivity index (χ4n) is 8.60. The summed E-state index contributed by atoms with van der Waals surface area (Å²) >= 11 is 0. The number of carboxylic acid groups (broad SMARTS) is 1. The number of allylic oxidation sites excluding steroid dienone is 4. The maximum absolute atomic E-state index is 15.0. The van der Waals surface area contributed by atoms with Crippen molar-refractivity contribution in [1.29, 1.82) is 0 Å². The number of carbonyl (C=O) groups excluding carboxylic acids is 4. The molecule has 0 aromatic heterocycles. The number of benzene rings is 3. The number of imide groups is 1. The molecule has 3 aliphatic carbocycles. The molecular formula is C38H33NO8. The van der Waals surface area contributed by atoms with Gasteiger partial charge in [0.1, 0.15) is 11.5 Å². The largest absolute Gasteiger partial charge is 0.508 e. The Morgan fingerprint density at radius 3 is 2.32 bits per heavy atom. The zero-order valence-corrected chi connectivity index (χ0v) is 25.7. The topological polar surface area (TPSA) is 138 Å². The molecule has 0 spiro atoms. The predicted molar refractivity (Wildman–Crippen MR) is 170 cm³/mol. The van der Waals surface area contributed by atoms with Crippen LogP contribution >= 0.6 is 0 Å². The molecule has 7 rings (SSSR count). The lowest BCUT2D eigenvalue weighted by atomic mass is 9.44. The van der Waals surface area contributed by atoms with Gasteiger partial charge in [-0.15, -0.1) is 0 Å². The maximum Gasteiger partial charge on any atom is 0.305 e. The summed E-state index contributed by atoms with van der Waals surface area (Å²) in [5.41, 5.74) is 1.08. The molecule has 1 heterocycles. The van der Waals surface area contributed by atoms with Gasteiger partial charge in [-0.05, 0) is 54.2 Å². The van der Waals surface area contributed by atoms with Crippen LogP contribution in [0.15, 0.2) is 96.6 Å². The van der Waals surface area contributed by atoms with Gasteiger partial charge in [-0.3, -0.25) is 28.9 Å². The van der Waals surface area contributed by atoms with Crippen LogP contribution in [0, 0.1) is 23.7 Å². The van der Waals surface area contributed by atoms with Gasteiger partial charge in [0, 0.05) is 29.5 Å². The van der Waals surface area contributed by atoms with E-state index in [1.165, 1.54) is 19.3 Å². The molecule has 6 atom stereocenters. The smallest absolute Gasteiger partial charge is 0.305 e. The Morgan fingerprint density at radius 2 is 1.64 bits per heavy atom. The van der Waals surface area contributed by atoms with Gasteiger partial charge in [0.05, 0.1) is 30.8 Å². The van der Waals surface area contributed by atoms with E-state index in [9.17, 15) is 34.2 Å². The predicted octanol–water partition coefficient (Wildman–Crippen LogP) is 4.70. The Balaban J connectivity index is 1.48. The first-order chi connectivity index (χ1) is 22.7. The summed E-state index contributed by atoms with van der Waals surface area (Å²) in [6.07, 6.45) is 3.27. The normalized spacial score (nSPS) is 28.2. The summed E-state index contributed by atoms with van der Waals surface area (Å²) in [6.45, 7) is -0.238. The number of hydrogen-bond acceptors (Lipinski definition) is 7. The number of phenolic OH excluding ortho intramolecular Hbond substituents is 1. The van der Waals surface area contributed by atoms with Crippen LogP contribution in [-0.2, 0) is 29.4 Å². The third-order valence-electron chi connectivity index (χ3n) is 10.6. The number of amides is 2. The number of methoxy groups -OCH3 is 1. The molecule has 47 heavy (non-hydrogen) atoms. The van der Waals surface area contributed by atoms with Crippen LogP contribution in [0.3, 0.4) is 0 Å². The van der Waals surface area contributed by atoms with Gasteiger partial charge in [-0.2, -0.15) is 0 Å². The SMILES string of the molecule is COc1ccc(O)c(C2C3=CCC4C(=O)N(CCC(=O)O)C(=O)C4C3CC3C(=O)C(c4ccccc4)=CC(=O)C32c2ccccc2)c1. The number of carbonyl (C=O) groups is 5. The van der Waals surface area contributed by atoms with Crippen LogP contribution < -0.4 is 4.74 Å². The fourth-order valence-corrected chi connectivity index (χ4v) is 8.60. The molecule has 9 heteroatoms. The molecule has 0 radical (unpaired) electrons. The molecule has 9 nitrogen and oxygen atoms in total. The Bertz CT molecular complexity index is 1880. The number of phenols is 1. The second kappa shape index (κ2) is 11.5. The monoisotopic (exact) mass is 631 g/mol. The van der Waals surface area contributed by atoms with Crippen LogP contribution in [0.2, 0.25) is 0 Å². The maximum atomic E-state index is 15.0. The average Bonchev–Trinajstić information content (AvgIpc) is 3.33. The van der Waals surface area contributed by atoms with Gasteiger partial charge >= 0.3 is 5.97 Å². The highest BCUT2D eigenvalue weighted by Gasteiger charge is 2.66. The molecule has 1 saturated heterocycles. The van der Waals surface area contributed by atoms with Crippen molar-refractivity contribution < 1.29 is 38.9 Å². The molecule has 6 unspecified atom stereocenters. The molecule has 2 N–H and O–H groups in total. The van der Waals surface area contributed by atoms with Crippen molar-refractivity contribution in [2.45, 2.75) is 30.6 Å². The quantitative estimate of drug-likeness (QED) is 0.283. The zero-order valence-electron chi connectivity index (χ0n) is 25.7. The summed E-state index contributed by atoms with van der Waals surface area (Å²) < 4.78 is 5.55. The van der Waals surface area contributed by atoms with Gasteiger partial charge in [0.2, 0.25) is 11.8 Å². The third-order valence-corrected chi connectivity index (χ3v) is 10.6. The van der Waals surface area contributed by atoms with E-state index in [4.69, 9.17) is 4.74 Å². The number of aliphatic carboxylic acids is 1. The van der Waals surface area contributed by atoms with Crippen molar-refractivity contribution in [2.75, 3.05) is 13.7 Å². The molecule has 238 valence electrons. The van der Waals surface area contributed by atoms with Crippen molar-refractivity contribution in [2.24, 2.45) is 23.7 Å². The minimum atomic E-state index is -1.48. The number of ether oxygens (including phenoxy) is 1. The van der Waals surface area contributed by atoms with Crippen LogP contribution in [-0.4, -0.2) is 58.1 Å². The van der Waals surface area contributed by atoms with Gasteiger partial charge in [0.15, 0.2) is 11.6 Å². The lowest BCUT2D eigenvalue weighted by Gasteiger charge is -2.55. The lowest BCUT2D eigenvalue weighted by molar-refractivity contribution is -0.142. The van der Waals surface area contributed by atoms with Gasteiger partial charge in [-0.25, -0.2) is 0 Å². The van der Waals surface area contributed by atoms with Crippen molar-refractivity contribution in [3.05, 3.63) is 113 Å². The molecule has 3 aromatic carbocycles. The molecule has 4 aliphatic rings. The zero-order chi connectivity index (χ0) is 33.0. The number of nitrogens with zero attached hydrogens (tertiary/aromatic N) is 1. The van der Waals surface area contributed by atoms with E-state index >= 15 is 0 Å². The number of Topliss-reactive ketones (excluding diaryl/α,β-unsaturated/α-hetero) is 1. The second-order valence-corrected chi connectivity index (χ2v) is 12.7. The van der Waals surface area contributed by atoms with Gasteiger partial charge < -0.3 is 14.9 Å². The van der Waals surface area contributed by atoms with E-state index in [0.717, 1.165) is 4.90 Å². The second-order valence-electron chi connectivity index (χ2n) is 12.7. The van der Waals surface area contributed by atoms with Crippen molar-refractivity contribution in [3.8, 4) is 11.5 Å². The summed E-state index contributed by atoms with van der Waals surface area (Å²) in [7, 11) is 1.50. The molecule has 1 saturated carbocycles. The van der Waals surface area contributed by atoms with Crippen LogP contribution in [0.25, 0.3) is 5.57 Å². The average molecular weight is 632 g/mol. The minimum absolute atomic E-state index is 0.0940. The van der Waals surface area contributed by atoms with E-state index in [2.05, 4.69) is 0 Å². The van der Waals surface area contributed by atoms with Crippen LogP contribution in [0.5, 0.6) is 11.5 Å². The molecule has 3 aromatic rings.